The van der Waals surface area contributed by atoms with E-state index in [4.69, 9.17) is 4.74 Å². The molecule has 184 valence electrons. The van der Waals surface area contributed by atoms with Crippen molar-refractivity contribution in [3.63, 3.8) is 0 Å². The van der Waals surface area contributed by atoms with E-state index in [0.29, 0.717) is 46.0 Å². The molecule has 1 amide bonds. The van der Waals surface area contributed by atoms with Crippen LogP contribution in [-0.4, -0.2) is 37.8 Å². The molecule has 36 heavy (non-hydrogen) atoms. The van der Waals surface area contributed by atoms with Crippen molar-refractivity contribution >= 4 is 39.6 Å². The van der Waals surface area contributed by atoms with Crippen LogP contribution in [-0.2, 0) is 9.59 Å². The van der Waals surface area contributed by atoms with Gasteiger partial charge in [-0.25, -0.2) is 9.97 Å². The Bertz CT molecular complexity index is 1470. The van der Waals surface area contributed by atoms with Crippen LogP contribution in [0.4, 0.5) is 5.13 Å². The van der Waals surface area contributed by atoms with Crippen molar-refractivity contribution in [1.29, 1.82) is 0 Å². The van der Waals surface area contributed by atoms with Crippen LogP contribution in [0.5, 0.6) is 5.75 Å². The molecule has 1 unspecified atom stereocenters. The molecule has 5 rings (SSSR count). The van der Waals surface area contributed by atoms with Gasteiger partial charge in [-0.1, -0.05) is 32.0 Å². The Morgan fingerprint density at radius 3 is 2.78 bits per heavy atom. The van der Waals surface area contributed by atoms with Gasteiger partial charge in [0.2, 0.25) is 0 Å². The van der Waals surface area contributed by atoms with Crippen LogP contribution in [0.15, 0.2) is 65.8 Å². The number of Topliss-reactive ketones (excluding diaryl/α,β-unsaturated/α-hetero) is 1. The molecule has 1 fully saturated rings. The molecule has 3 aromatic heterocycles. The molecule has 1 N–H and O–H groups in total. The summed E-state index contributed by atoms with van der Waals surface area (Å²) in [5.74, 6) is -0.666. The van der Waals surface area contributed by atoms with Crippen LogP contribution < -0.4 is 9.64 Å². The highest BCUT2D eigenvalue weighted by molar-refractivity contribution is 7.14. The number of aliphatic hydroxyl groups excluding tert-OH is 1. The lowest BCUT2D eigenvalue weighted by Crippen LogP contribution is -2.29. The third-order valence-corrected chi connectivity index (χ3v) is 6.91. The van der Waals surface area contributed by atoms with Crippen LogP contribution in [0.2, 0.25) is 0 Å². The molecule has 1 aliphatic rings. The average Bonchev–Trinajstić information content (AvgIpc) is 3.55. The molecule has 8 nitrogen and oxygen atoms in total. The number of ketones is 1. The van der Waals surface area contributed by atoms with Gasteiger partial charge in [0.25, 0.3) is 5.78 Å². The number of aliphatic hydroxyl groups is 1. The maximum Gasteiger partial charge on any atom is 0.301 e. The van der Waals surface area contributed by atoms with Gasteiger partial charge < -0.3 is 9.84 Å². The van der Waals surface area contributed by atoms with E-state index in [0.717, 1.165) is 6.42 Å². The number of amides is 1. The fraction of sp³-hybridized carbons (Fsp3) is 0.259. The van der Waals surface area contributed by atoms with Crippen molar-refractivity contribution < 1.29 is 19.4 Å². The van der Waals surface area contributed by atoms with Crippen LogP contribution in [0.25, 0.3) is 11.4 Å². The summed E-state index contributed by atoms with van der Waals surface area (Å²) in [7, 11) is 0. The number of rotatable bonds is 7. The van der Waals surface area contributed by atoms with Crippen molar-refractivity contribution in [3.05, 3.63) is 82.8 Å². The number of aromatic nitrogens is 3. The number of carbonyl (C=O) groups is 2. The summed E-state index contributed by atoms with van der Waals surface area (Å²) in [5, 5.41) is 13.7. The first kappa shape index (κ1) is 23.7. The summed E-state index contributed by atoms with van der Waals surface area (Å²) >= 11 is 1.25. The number of ether oxygens (including phenoxy) is 1. The molecular formula is C27H26N4O4S. The van der Waals surface area contributed by atoms with Crippen molar-refractivity contribution in [2.45, 2.75) is 33.2 Å². The number of imidazole rings is 1. The van der Waals surface area contributed by atoms with Crippen molar-refractivity contribution in [1.82, 2.24) is 14.4 Å². The highest BCUT2D eigenvalue weighted by Gasteiger charge is 2.48. The molecule has 1 aliphatic heterocycles. The molecule has 0 spiro atoms. The molecule has 0 aliphatic carbocycles. The Balaban J connectivity index is 1.67. The van der Waals surface area contributed by atoms with Crippen LogP contribution in [0.3, 0.4) is 0 Å². The Labute approximate surface area is 212 Å². The van der Waals surface area contributed by atoms with E-state index in [1.165, 1.54) is 16.2 Å². The summed E-state index contributed by atoms with van der Waals surface area (Å²) in [6, 6.07) is 11.9. The number of carbonyl (C=O) groups excluding carboxylic acids is 2. The van der Waals surface area contributed by atoms with Gasteiger partial charge in [0.05, 0.1) is 23.9 Å². The van der Waals surface area contributed by atoms with Gasteiger partial charge in [0.15, 0.2) is 10.9 Å². The van der Waals surface area contributed by atoms with Gasteiger partial charge in [-0.2, -0.15) is 0 Å². The fourth-order valence-corrected chi connectivity index (χ4v) is 5.06. The summed E-state index contributed by atoms with van der Waals surface area (Å²) in [5.41, 5.74) is 2.17. The number of anilines is 1. The Kier molecular flexibility index (Phi) is 6.32. The number of fused-ring (bicyclic) bond motifs is 1. The van der Waals surface area contributed by atoms with Gasteiger partial charge in [0.1, 0.15) is 17.1 Å². The quantitative estimate of drug-likeness (QED) is 0.213. The molecule has 1 saturated heterocycles. The van der Waals surface area contributed by atoms with E-state index in [-0.39, 0.29) is 11.3 Å². The summed E-state index contributed by atoms with van der Waals surface area (Å²) < 4.78 is 7.66. The normalized spacial score (nSPS) is 17.4. The first-order chi connectivity index (χ1) is 17.4. The van der Waals surface area contributed by atoms with E-state index < -0.39 is 17.7 Å². The molecule has 0 radical (unpaired) electrons. The molecule has 0 saturated carbocycles. The summed E-state index contributed by atoms with van der Waals surface area (Å²) in [6.07, 6.45) is 4.24. The van der Waals surface area contributed by atoms with E-state index in [2.05, 4.69) is 23.8 Å². The van der Waals surface area contributed by atoms with Crippen LogP contribution >= 0.6 is 11.3 Å². The number of hydrogen-bond donors (Lipinski definition) is 1. The van der Waals surface area contributed by atoms with Crippen molar-refractivity contribution in [3.8, 4) is 5.75 Å². The van der Waals surface area contributed by atoms with E-state index in [9.17, 15) is 14.7 Å². The fourth-order valence-electron chi connectivity index (χ4n) is 4.39. The van der Waals surface area contributed by atoms with Gasteiger partial charge in [-0.05, 0) is 49.1 Å². The molecular weight excluding hydrogens is 476 g/mol. The van der Waals surface area contributed by atoms with E-state index >= 15 is 0 Å². The molecule has 1 atom stereocenters. The van der Waals surface area contributed by atoms with Crippen LogP contribution in [0.1, 0.15) is 43.3 Å². The number of nitrogens with zero attached hydrogens (tertiary/aromatic N) is 4. The second-order valence-corrected chi connectivity index (χ2v) is 9.93. The lowest BCUT2D eigenvalue weighted by Gasteiger charge is -2.23. The number of aryl methyl sites for hydroxylation is 1. The topological polar surface area (TPSA) is 97.0 Å². The molecule has 4 heterocycles. The number of thiazole rings is 1. The lowest BCUT2D eigenvalue weighted by atomic mass is 9.96. The molecule has 4 aromatic rings. The average molecular weight is 503 g/mol. The third-order valence-electron chi connectivity index (χ3n) is 6.14. The van der Waals surface area contributed by atoms with Gasteiger partial charge in [-0.15, -0.1) is 11.3 Å². The van der Waals surface area contributed by atoms with Gasteiger partial charge in [0, 0.05) is 17.8 Å². The number of benzene rings is 1. The largest absolute Gasteiger partial charge is 0.505 e. The van der Waals surface area contributed by atoms with Crippen molar-refractivity contribution in [2.75, 3.05) is 11.5 Å². The van der Waals surface area contributed by atoms with Crippen molar-refractivity contribution in [2.24, 2.45) is 5.92 Å². The van der Waals surface area contributed by atoms with E-state index in [1.807, 2.05) is 42.5 Å². The van der Waals surface area contributed by atoms with Gasteiger partial charge in [-0.3, -0.25) is 18.9 Å². The number of pyridine rings is 1. The predicted molar refractivity (Wildman–Crippen MR) is 138 cm³/mol. The smallest absolute Gasteiger partial charge is 0.301 e. The zero-order valence-corrected chi connectivity index (χ0v) is 21.0. The minimum atomic E-state index is -0.876. The summed E-state index contributed by atoms with van der Waals surface area (Å²) in [6.45, 7) is 6.57. The Morgan fingerprint density at radius 1 is 1.19 bits per heavy atom. The maximum absolute atomic E-state index is 13.4. The summed E-state index contributed by atoms with van der Waals surface area (Å²) in [4.78, 5) is 36.9. The zero-order valence-electron chi connectivity index (χ0n) is 20.2. The zero-order chi connectivity index (χ0) is 25.4. The maximum atomic E-state index is 13.4. The highest BCUT2D eigenvalue weighted by Crippen LogP contribution is 2.43. The molecule has 9 heteroatoms. The SMILES string of the molecule is Cc1nc2ccccn2c1/C(O)=C1\C(=O)C(=O)N(c2nccs2)C1c1cccc(OCCC(C)C)c1. The first-order valence-electron chi connectivity index (χ1n) is 11.7. The van der Waals surface area contributed by atoms with E-state index in [1.54, 1.807) is 29.1 Å². The predicted octanol–water partition coefficient (Wildman–Crippen LogP) is 5.15. The number of hydrogen-bond acceptors (Lipinski definition) is 7. The second kappa shape index (κ2) is 9.58. The molecule has 0 bridgehead atoms. The third kappa shape index (κ3) is 4.15. The Morgan fingerprint density at radius 2 is 2.03 bits per heavy atom. The standard InChI is InChI=1S/C27H26N4O4S/c1-16(2)10-13-35-19-8-6-7-18(15-19)23-21(25(33)26(34)31(23)27-28-11-14-36-27)24(32)22-17(3)29-20-9-4-5-12-30(20)22/h4-9,11-12,14-16,23,32H,10,13H2,1-3H3/b24-21+. The first-order valence-corrected chi connectivity index (χ1v) is 12.6. The lowest BCUT2D eigenvalue weighted by molar-refractivity contribution is -0.132. The van der Waals surface area contributed by atoms with Crippen LogP contribution in [0, 0.1) is 12.8 Å². The second-order valence-electron chi connectivity index (χ2n) is 9.06. The molecule has 1 aromatic carbocycles. The van der Waals surface area contributed by atoms with Gasteiger partial charge >= 0.3 is 5.91 Å². The minimum Gasteiger partial charge on any atom is -0.505 e. The Hall–Kier alpha value is -3.98. The monoisotopic (exact) mass is 502 g/mol. The highest BCUT2D eigenvalue weighted by atomic mass is 32.1. The minimum absolute atomic E-state index is 0.0108.